The van der Waals surface area contributed by atoms with Crippen molar-refractivity contribution >= 4 is 38.8 Å². The molecule has 8 heteroatoms. The molecule has 0 fully saturated rings. The van der Waals surface area contributed by atoms with Gasteiger partial charge < -0.3 is 19.2 Å². The number of ether oxygens (including phenoxy) is 2. The van der Waals surface area contributed by atoms with Crippen molar-refractivity contribution in [2.45, 2.75) is 6.42 Å². The minimum absolute atomic E-state index is 0.0661. The van der Waals surface area contributed by atoms with Gasteiger partial charge in [0.15, 0.2) is 6.61 Å². The second-order valence-corrected chi connectivity index (χ2v) is 6.97. The van der Waals surface area contributed by atoms with Crippen molar-refractivity contribution in [2.75, 3.05) is 19.8 Å². The van der Waals surface area contributed by atoms with Crippen molar-refractivity contribution in [1.82, 2.24) is 5.32 Å². The molecule has 2 aromatic carbocycles. The lowest BCUT2D eigenvalue weighted by molar-refractivity contribution is -0.146. The Bertz CT molecular complexity index is 1060. The van der Waals surface area contributed by atoms with Gasteiger partial charge in [0.25, 0.3) is 5.91 Å². The first-order valence-electron chi connectivity index (χ1n) is 8.88. The number of esters is 1. The molecule has 1 amide bonds. The van der Waals surface area contributed by atoms with Gasteiger partial charge in [-0.25, -0.2) is 9.59 Å². The molecule has 0 unspecified atom stereocenters. The molecule has 7 nitrogen and oxygen atoms in total. The van der Waals surface area contributed by atoms with Crippen LogP contribution in [0.5, 0.6) is 5.75 Å². The Hall–Kier alpha value is -3.13. The fourth-order valence-corrected chi connectivity index (χ4v) is 2.75. The van der Waals surface area contributed by atoms with Crippen molar-refractivity contribution in [2.24, 2.45) is 0 Å². The van der Waals surface area contributed by atoms with E-state index in [4.69, 9.17) is 13.9 Å². The average Bonchev–Trinajstić information content (AvgIpc) is 2.72. The van der Waals surface area contributed by atoms with Crippen LogP contribution in [0.25, 0.3) is 11.0 Å². The van der Waals surface area contributed by atoms with Crippen molar-refractivity contribution in [3.8, 4) is 5.75 Å². The smallest absolute Gasteiger partial charge is 0.349 e. The monoisotopic (exact) mass is 459 g/mol. The lowest BCUT2D eigenvalue weighted by atomic mass is 10.2. The number of amides is 1. The standard InChI is InChI=1S/C21H18BrNO6/c22-15-6-8-16(9-7-15)28-13-19(24)27-11-3-10-23-20(25)17-12-14-4-1-2-5-18(14)29-21(17)26/h1-2,4-9,12H,3,10-11,13H2,(H,23,25). The molecule has 0 aliphatic heterocycles. The predicted molar refractivity (Wildman–Crippen MR) is 110 cm³/mol. The van der Waals surface area contributed by atoms with E-state index in [2.05, 4.69) is 21.2 Å². The number of carbonyl (C=O) groups excluding carboxylic acids is 2. The maximum atomic E-state index is 12.2. The maximum Gasteiger partial charge on any atom is 0.349 e. The highest BCUT2D eigenvalue weighted by Gasteiger charge is 2.13. The maximum absolute atomic E-state index is 12.2. The lowest BCUT2D eigenvalue weighted by Gasteiger charge is -2.08. The first kappa shape index (κ1) is 20.6. The summed E-state index contributed by atoms with van der Waals surface area (Å²) in [5.74, 6) is -0.476. The fraction of sp³-hybridized carbons (Fsp3) is 0.190. The Balaban J connectivity index is 1.38. The zero-order valence-corrected chi connectivity index (χ0v) is 16.9. The summed E-state index contributed by atoms with van der Waals surface area (Å²) in [7, 11) is 0. The summed E-state index contributed by atoms with van der Waals surface area (Å²) in [6, 6.07) is 15.5. The van der Waals surface area contributed by atoms with Crippen LogP contribution in [0.3, 0.4) is 0 Å². The van der Waals surface area contributed by atoms with Crippen molar-refractivity contribution in [3.05, 3.63) is 75.1 Å². The Morgan fingerprint density at radius 2 is 1.83 bits per heavy atom. The minimum Gasteiger partial charge on any atom is -0.482 e. The molecule has 1 N–H and O–H groups in total. The van der Waals surface area contributed by atoms with Gasteiger partial charge in [-0.3, -0.25) is 4.79 Å². The van der Waals surface area contributed by atoms with Gasteiger partial charge in [-0.15, -0.1) is 0 Å². The molecular weight excluding hydrogens is 442 g/mol. The average molecular weight is 460 g/mol. The second kappa shape index (κ2) is 9.88. The molecule has 29 heavy (non-hydrogen) atoms. The fourth-order valence-electron chi connectivity index (χ4n) is 2.49. The molecule has 0 atom stereocenters. The van der Waals surface area contributed by atoms with E-state index >= 15 is 0 Å². The zero-order valence-electron chi connectivity index (χ0n) is 15.4. The number of nitrogens with one attached hydrogen (secondary N) is 1. The lowest BCUT2D eigenvalue weighted by Crippen LogP contribution is -2.29. The van der Waals surface area contributed by atoms with Crippen LogP contribution >= 0.6 is 15.9 Å². The number of rotatable bonds is 8. The summed E-state index contributed by atoms with van der Waals surface area (Å²) >= 11 is 3.31. The van der Waals surface area contributed by atoms with Gasteiger partial charge in [0.2, 0.25) is 0 Å². The Morgan fingerprint density at radius 3 is 2.62 bits per heavy atom. The Labute approximate surface area is 174 Å². The quantitative estimate of drug-likeness (QED) is 0.315. The third-order valence-electron chi connectivity index (χ3n) is 3.93. The molecule has 150 valence electrons. The van der Waals surface area contributed by atoms with Crippen LogP contribution in [-0.2, 0) is 9.53 Å². The number of para-hydroxylation sites is 1. The van der Waals surface area contributed by atoms with Crippen molar-refractivity contribution in [1.29, 1.82) is 0 Å². The number of fused-ring (bicyclic) bond motifs is 1. The third-order valence-corrected chi connectivity index (χ3v) is 4.45. The van der Waals surface area contributed by atoms with Crippen LogP contribution in [-0.4, -0.2) is 31.6 Å². The van der Waals surface area contributed by atoms with E-state index in [1.165, 1.54) is 6.07 Å². The number of hydrogen-bond donors (Lipinski definition) is 1. The van der Waals surface area contributed by atoms with Gasteiger partial charge in [0, 0.05) is 16.4 Å². The molecule has 0 bridgehead atoms. The van der Waals surface area contributed by atoms with Crippen molar-refractivity contribution in [3.63, 3.8) is 0 Å². The summed E-state index contributed by atoms with van der Waals surface area (Å²) in [6.07, 6.45) is 0.397. The van der Waals surface area contributed by atoms with E-state index in [1.807, 2.05) is 0 Å². The molecule has 0 aliphatic carbocycles. The third kappa shape index (κ3) is 5.92. The first-order chi connectivity index (χ1) is 14.0. The summed E-state index contributed by atoms with van der Waals surface area (Å²) in [4.78, 5) is 35.8. The highest BCUT2D eigenvalue weighted by atomic mass is 79.9. The van der Waals surface area contributed by atoms with Gasteiger partial charge in [-0.2, -0.15) is 0 Å². The van der Waals surface area contributed by atoms with Gasteiger partial charge in [0.05, 0.1) is 6.61 Å². The predicted octanol–water partition coefficient (Wildman–Crippen LogP) is 3.30. The SMILES string of the molecule is O=C(COc1ccc(Br)cc1)OCCCNC(=O)c1cc2ccccc2oc1=O. The molecular formula is C21H18BrNO6. The van der Waals surface area contributed by atoms with Crippen LogP contribution < -0.4 is 15.7 Å². The van der Waals surface area contributed by atoms with E-state index in [0.29, 0.717) is 23.1 Å². The van der Waals surface area contributed by atoms with Gasteiger partial charge >= 0.3 is 11.6 Å². The minimum atomic E-state index is -0.697. The Morgan fingerprint density at radius 1 is 1.07 bits per heavy atom. The van der Waals surface area contributed by atoms with Gasteiger partial charge in [-0.05, 0) is 42.8 Å². The summed E-state index contributed by atoms with van der Waals surface area (Å²) < 4.78 is 16.4. The van der Waals surface area contributed by atoms with Crippen LogP contribution in [0, 0.1) is 0 Å². The van der Waals surface area contributed by atoms with E-state index in [-0.39, 0.29) is 25.3 Å². The van der Waals surface area contributed by atoms with Crippen molar-refractivity contribution < 1.29 is 23.5 Å². The summed E-state index contributed by atoms with van der Waals surface area (Å²) in [5, 5.41) is 3.28. The van der Waals surface area contributed by atoms with E-state index < -0.39 is 17.5 Å². The van der Waals surface area contributed by atoms with E-state index in [1.54, 1.807) is 48.5 Å². The molecule has 0 aliphatic rings. The molecule has 3 aromatic rings. The van der Waals surface area contributed by atoms with Gasteiger partial charge in [0.1, 0.15) is 16.9 Å². The van der Waals surface area contributed by atoms with Gasteiger partial charge in [-0.1, -0.05) is 34.1 Å². The van der Waals surface area contributed by atoms with Crippen LogP contribution in [0.2, 0.25) is 0 Å². The molecule has 0 saturated carbocycles. The molecule has 1 heterocycles. The topological polar surface area (TPSA) is 94.8 Å². The summed E-state index contributed by atoms with van der Waals surface area (Å²) in [5.41, 5.74) is -0.340. The number of halogens is 1. The molecule has 3 rings (SSSR count). The molecule has 1 aromatic heterocycles. The number of benzene rings is 2. The van der Waals surface area contributed by atoms with Crippen LogP contribution in [0.4, 0.5) is 0 Å². The highest BCUT2D eigenvalue weighted by molar-refractivity contribution is 9.10. The second-order valence-electron chi connectivity index (χ2n) is 6.06. The highest BCUT2D eigenvalue weighted by Crippen LogP contribution is 2.16. The van der Waals surface area contributed by atoms with E-state index in [0.717, 1.165) is 4.47 Å². The molecule has 0 spiro atoms. The van der Waals surface area contributed by atoms with Crippen LogP contribution in [0.1, 0.15) is 16.8 Å². The van der Waals surface area contributed by atoms with Crippen LogP contribution in [0.15, 0.2) is 68.3 Å². The summed E-state index contributed by atoms with van der Waals surface area (Å²) in [6.45, 7) is 0.160. The Kier molecular flexibility index (Phi) is 7.02. The number of carbonyl (C=O) groups is 2. The first-order valence-corrected chi connectivity index (χ1v) is 9.67. The largest absolute Gasteiger partial charge is 0.482 e. The van der Waals surface area contributed by atoms with E-state index in [9.17, 15) is 14.4 Å². The normalized spacial score (nSPS) is 10.5. The molecule has 0 saturated heterocycles. The zero-order chi connectivity index (χ0) is 20.6. The molecule has 0 radical (unpaired) electrons. The number of hydrogen-bond acceptors (Lipinski definition) is 6.